The summed E-state index contributed by atoms with van der Waals surface area (Å²) in [6.45, 7) is 2.75. The van der Waals surface area contributed by atoms with E-state index in [0.717, 1.165) is 0 Å². The van der Waals surface area contributed by atoms with Crippen LogP contribution in [-0.2, 0) is 19.6 Å². The minimum atomic E-state index is -3.58. The van der Waals surface area contributed by atoms with Crippen LogP contribution in [0.4, 0.5) is 4.79 Å². The van der Waals surface area contributed by atoms with Crippen LogP contribution in [0, 0.1) is 5.41 Å². The molecular formula is C10H19N3O6S. The zero-order valence-electron chi connectivity index (χ0n) is 11.3. The molecule has 0 spiro atoms. The van der Waals surface area contributed by atoms with E-state index in [9.17, 15) is 22.8 Å². The number of nitrogens with two attached hydrogens (primary N) is 1. The van der Waals surface area contributed by atoms with Crippen LogP contribution in [0.15, 0.2) is 0 Å². The number of rotatable bonds is 7. The van der Waals surface area contributed by atoms with Gasteiger partial charge in [0.15, 0.2) is 0 Å². The Bertz CT molecular complexity index is 485. The fraction of sp³-hybridized carbons (Fsp3) is 0.700. The van der Waals surface area contributed by atoms with Crippen molar-refractivity contribution < 1.29 is 27.9 Å². The van der Waals surface area contributed by atoms with Gasteiger partial charge in [0.1, 0.15) is 0 Å². The van der Waals surface area contributed by atoms with Crippen LogP contribution in [-0.4, -0.2) is 43.7 Å². The number of amides is 3. The molecule has 0 fully saturated rings. The van der Waals surface area contributed by atoms with Gasteiger partial charge in [-0.3, -0.25) is 14.9 Å². The van der Waals surface area contributed by atoms with Crippen LogP contribution in [0.1, 0.15) is 26.7 Å². The summed E-state index contributed by atoms with van der Waals surface area (Å²) in [6, 6.07) is -0.814. The lowest BCUT2D eigenvalue weighted by molar-refractivity contribution is -0.149. The van der Waals surface area contributed by atoms with Crippen LogP contribution in [0.2, 0.25) is 0 Å². The molecule has 0 heterocycles. The average Bonchev–Trinajstić information content (AvgIpc) is 2.21. The van der Waals surface area contributed by atoms with Crippen LogP contribution in [0.25, 0.3) is 0 Å². The molecule has 0 bridgehead atoms. The van der Waals surface area contributed by atoms with Gasteiger partial charge in [0.25, 0.3) is 0 Å². The zero-order valence-corrected chi connectivity index (χ0v) is 12.1. The van der Waals surface area contributed by atoms with Crippen LogP contribution >= 0.6 is 0 Å². The number of carboxylic acids is 1. The van der Waals surface area contributed by atoms with Gasteiger partial charge in [-0.25, -0.2) is 18.4 Å². The number of nitrogens with one attached hydrogen (secondary N) is 2. The average molecular weight is 309 g/mol. The monoisotopic (exact) mass is 309 g/mol. The molecule has 0 atom stereocenters. The number of imide groups is 1. The predicted octanol–water partition coefficient (Wildman–Crippen LogP) is -1.01. The Labute approximate surface area is 117 Å². The summed E-state index contributed by atoms with van der Waals surface area (Å²) < 4.78 is 21.2. The van der Waals surface area contributed by atoms with Crippen molar-refractivity contribution in [3.63, 3.8) is 0 Å². The number of urea groups is 1. The molecule has 0 aromatic heterocycles. The fourth-order valence-corrected chi connectivity index (χ4v) is 1.71. The summed E-state index contributed by atoms with van der Waals surface area (Å²) >= 11 is 0. The number of sulfonamides is 1. The van der Waals surface area contributed by atoms with Crippen molar-refractivity contribution in [2.45, 2.75) is 26.7 Å². The molecule has 0 aliphatic heterocycles. The van der Waals surface area contributed by atoms with E-state index in [0.29, 0.717) is 0 Å². The van der Waals surface area contributed by atoms with Crippen molar-refractivity contribution >= 4 is 27.9 Å². The lowest BCUT2D eigenvalue weighted by Gasteiger charge is -2.17. The maximum atomic E-state index is 11.4. The van der Waals surface area contributed by atoms with Crippen LogP contribution in [0.3, 0.4) is 0 Å². The van der Waals surface area contributed by atoms with Crippen molar-refractivity contribution in [2.75, 3.05) is 12.3 Å². The highest BCUT2D eigenvalue weighted by Crippen LogP contribution is 2.19. The second-order valence-corrected chi connectivity index (χ2v) is 6.62. The maximum Gasteiger partial charge on any atom is 0.321 e. The van der Waals surface area contributed by atoms with Gasteiger partial charge in [0.2, 0.25) is 15.9 Å². The number of hydrogen-bond donors (Lipinski definition) is 4. The Morgan fingerprint density at radius 3 is 2.25 bits per heavy atom. The van der Waals surface area contributed by atoms with Crippen LogP contribution < -0.4 is 15.8 Å². The second-order valence-electron chi connectivity index (χ2n) is 4.89. The first kappa shape index (κ1) is 18.3. The summed E-state index contributed by atoms with van der Waals surface area (Å²) in [5.41, 5.74) is -1.28. The molecule has 0 saturated carbocycles. The standard InChI is InChI=1S/C10H19N3O6S/c1-10(2,8(15)16)6-7(14)13-9(17)12-4-3-5-20(11,18)19/h3-6H2,1-2H3,(H,15,16)(H2,11,18,19)(H2,12,13,14,17). The zero-order chi connectivity index (χ0) is 16.0. The van der Waals surface area contributed by atoms with Gasteiger partial charge in [-0.2, -0.15) is 0 Å². The quantitative estimate of drug-likeness (QED) is 0.441. The van der Waals surface area contributed by atoms with Gasteiger partial charge in [0, 0.05) is 13.0 Å². The second kappa shape index (κ2) is 7.20. The number of aliphatic carboxylic acids is 1. The number of carbonyl (C=O) groups excluding carboxylic acids is 2. The molecule has 0 aromatic carbocycles. The molecule has 9 nitrogen and oxygen atoms in total. The molecule has 0 rings (SSSR count). The van der Waals surface area contributed by atoms with E-state index in [1.807, 2.05) is 5.32 Å². The molecule has 3 amide bonds. The molecule has 0 aliphatic rings. The molecule has 10 heteroatoms. The molecular weight excluding hydrogens is 290 g/mol. The number of hydrogen-bond acceptors (Lipinski definition) is 5. The minimum Gasteiger partial charge on any atom is -0.481 e. The van der Waals surface area contributed by atoms with Crippen LogP contribution in [0.5, 0.6) is 0 Å². The van der Waals surface area contributed by atoms with E-state index in [1.165, 1.54) is 13.8 Å². The molecule has 0 unspecified atom stereocenters. The summed E-state index contributed by atoms with van der Waals surface area (Å²) in [5.74, 6) is -2.17. The Morgan fingerprint density at radius 2 is 1.80 bits per heavy atom. The van der Waals surface area contributed by atoms with Crippen molar-refractivity contribution in [3.05, 3.63) is 0 Å². The van der Waals surface area contributed by atoms with Gasteiger partial charge in [0.05, 0.1) is 11.2 Å². The summed E-state index contributed by atoms with van der Waals surface area (Å²) in [4.78, 5) is 33.5. The first-order valence-corrected chi connectivity index (χ1v) is 7.47. The maximum absolute atomic E-state index is 11.4. The fourth-order valence-electron chi connectivity index (χ4n) is 1.17. The normalized spacial score (nSPS) is 11.8. The highest BCUT2D eigenvalue weighted by molar-refractivity contribution is 7.89. The number of carboxylic acid groups (broad SMARTS) is 1. The molecule has 116 valence electrons. The summed E-state index contributed by atoms with van der Waals surface area (Å²) in [6.07, 6.45) is -0.242. The molecule has 20 heavy (non-hydrogen) atoms. The Hall–Kier alpha value is -1.68. The van der Waals surface area contributed by atoms with Crippen molar-refractivity contribution in [3.8, 4) is 0 Å². The molecule has 5 N–H and O–H groups in total. The van der Waals surface area contributed by atoms with Gasteiger partial charge in [-0.05, 0) is 20.3 Å². The van der Waals surface area contributed by atoms with Gasteiger partial charge in [-0.15, -0.1) is 0 Å². The highest BCUT2D eigenvalue weighted by Gasteiger charge is 2.30. The molecule has 0 aromatic rings. The topological polar surface area (TPSA) is 156 Å². The van der Waals surface area contributed by atoms with Gasteiger partial charge < -0.3 is 10.4 Å². The van der Waals surface area contributed by atoms with Gasteiger partial charge in [-0.1, -0.05) is 0 Å². The summed E-state index contributed by atoms with van der Waals surface area (Å²) in [5, 5.41) is 17.8. The van der Waals surface area contributed by atoms with E-state index in [2.05, 4.69) is 5.32 Å². The number of primary sulfonamides is 1. The first-order chi connectivity index (χ1) is 8.94. The molecule has 0 aliphatic carbocycles. The van der Waals surface area contributed by atoms with Gasteiger partial charge >= 0.3 is 12.0 Å². The molecule has 0 saturated heterocycles. The largest absolute Gasteiger partial charge is 0.481 e. The third-order valence-corrected chi connectivity index (χ3v) is 3.18. The number of carbonyl (C=O) groups is 3. The molecule has 0 radical (unpaired) electrons. The van der Waals surface area contributed by atoms with Crippen molar-refractivity contribution in [2.24, 2.45) is 10.6 Å². The SMILES string of the molecule is CC(C)(CC(=O)NC(=O)NCCCS(N)(=O)=O)C(=O)O. The summed E-state index contributed by atoms with van der Waals surface area (Å²) in [7, 11) is -3.58. The van der Waals surface area contributed by atoms with Crippen molar-refractivity contribution in [1.82, 2.24) is 10.6 Å². The van der Waals surface area contributed by atoms with E-state index in [4.69, 9.17) is 10.2 Å². The smallest absolute Gasteiger partial charge is 0.321 e. The first-order valence-electron chi connectivity index (χ1n) is 5.75. The lowest BCUT2D eigenvalue weighted by atomic mass is 9.89. The Morgan fingerprint density at radius 1 is 1.25 bits per heavy atom. The Kier molecular flexibility index (Phi) is 6.59. The van der Waals surface area contributed by atoms with E-state index in [1.54, 1.807) is 0 Å². The van der Waals surface area contributed by atoms with Crippen molar-refractivity contribution in [1.29, 1.82) is 0 Å². The minimum absolute atomic E-state index is 0.0257. The third kappa shape index (κ3) is 8.43. The lowest BCUT2D eigenvalue weighted by Crippen LogP contribution is -2.42. The van der Waals surface area contributed by atoms with E-state index in [-0.39, 0.29) is 25.1 Å². The van der Waals surface area contributed by atoms with E-state index >= 15 is 0 Å². The van der Waals surface area contributed by atoms with E-state index < -0.39 is 33.3 Å². The highest BCUT2D eigenvalue weighted by atomic mass is 32.2. The third-order valence-electron chi connectivity index (χ3n) is 2.33. The predicted molar refractivity (Wildman–Crippen MR) is 70.2 cm³/mol. The Balaban J connectivity index is 4.04.